The molecule has 0 aliphatic carbocycles. The van der Waals surface area contributed by atoms with Gasteiger partial charge in [0.1, 0.15) is 37.6 Å². The van der Waals surface area contributed by atoms with E-state index in [1.54, 1.807) is 0 Å². The van der Waals surface area contributed by atoms with Crippen LogP contribution in [0.4, 0.5) is 0 Å². The quantitative estimate of drug-likeness (QED) is 0.873. The predicted octanol–water partition coefficient (Wildman–Crippen LogP) is 1.74. The Labute approximate surface area is 119 Å². The predicted molar refractivity (Wildman–Crippen MR) is 80.0 cm³/mol. The summed E-state index contributed by atoms with van der Waals surface area (Å²) < 4.78 is 5.79. The maximum absolute atomic E-state index is 10.2. The molecule has 0 aromatic heterocycles. The summed E-state index contributed by atoms with van der Waals surface area (Å²) in [4.78, 5) is 1.47. The molecule has 3 nitrogen and oxygen atoms in total. The van der Waals surface area contributed by atoms with Gasteiger partial charge in [-0.2, -0.15) is 0 Å². The maximum atomic E-state index is 10.2. The normalized spacial score (nSPS) is 26.8. The fraction of sp³-hybridized carbons (Fsp3) is 0.412. The van der Waals surface area contributed by atoms with E-state index in [2.05, 4.69) is 26.0 Å². The smallest absolute Gasteiger partial charge is 0.125 e. The van der Waals surface area contributed by atoms with Crippen LogP contribution in [0.3, 0.4) is 0 Å². The van der Waals surface area contributed by atoms with E-state index in [1.165, 1.54) is 10.3 Å². The SMILES string of the molecule is CC1C[NH+](Cc2c(O)ccc3ccccc23)CC(C)O1. The van der Waals surface area contributed by atoms with Crippen molar-refractivity contribution in [2.24, 2.45) is 0 Å². The van der Waals surface area contributed by atoms with Crippen molar-refractivity contribution < 1.29 is 14.7 Å². The Kier molecular flexibility index (Phi) is 3.64. The molecule has 2 aromatic rings. The highest BCUT2D eigenvalue weighted by atomic mass is 16.5. The summed E-state index contributed by atoms with van der Waals surface area (Å²) in [5.74, 6) is 0.406. The number of benzene rings is 2. The number of phenolic OH excluding ortho intramolecular Hbond substituents is 1. The van der Waals surface area contributed by atoms with Crippen molar-refractivity contribution in [3.63, 3.8) is 0 Å². The number of aromatic hydroxyl groups is 1. The molecular weight excluding hydrogens is 250 g/mol. The van der Waals surface area contributed by atoms with Crippen LogP contribution in [0.2, 0.25) is 0 Å². The number of rotatable bonds is 2. The van der Waals surface area contributed by atoms with Gasteiger partial charge in [0.25, 0.3) is 0 Å². The van der Waals surface area contributed by atoms with E-state index in [9.17, 15) is 5.11 Å². The fourth-order valence-electron chi connectivity index (χ4n) is 3.29. The average molecular weight is 272 g/mol. The van der Waals surface area contributed by atoms with Crippen molar-refractivity contribution >= 4 is 10.8 Å². The number of ether oxygens (including phenoxy) is 1. The average Bonchev–Trinajstić information content (AvgIpc) is 2.41. The van der Waals surface area contributed by atoms with E-state index < -0.39 is 0 Å². The van der Waals surface area contributed by atoms with E-state index in [1.807, 2.05) is 24.3 Å². The number of fused-ring (bicyclic) bond motifs is 1. The molecule has 2 atom stereocenters. The van der Waals surface area contributed by atoms with Crippen LogP contribution >= 0.6 is 0 Å². The molecule has 0 radical (unpaired) electrons. The first-order chi connectivity index (χ1) is 9.63. The second-order valence-electron chi connectivity index (χ2n) is 5.88. The minimum atomic E-state index is 0.283. The van der Waals surface area contributed by atoms with Gasteiger partial charge in [0, 0.05) is 0 Å². The first-order valence-corrected chi connectivity index (χ1v) is 7.32. The van der Waals surface area contributed by atoms with Crippen LogP contribution in [-0.4, -0.2) is 30.4 Å². The van der Waals surface area contributed by atoms with E-state index in [4.69, 9.17) is 4.74 Å². The van der Waals surface area contributed by atoms with Gasteiger partial charge < -0.3 is 14.7 Å². The molecule has 2 N–H and O–H groups in total. The summed E-state index contributed by atoms with van der Waals surface area (Å²) >= 11 is 0. The zero-order chi connectivity index (χ0) is 14.1. The highest BCUT2D eigenvalue weighted by Gasteiger charge is 2.26. The van der Waals surface area contributed by atoms with Crippen LogP contribution in [0.25, 0.3) is 10.8 Å². The summed E-state index contributed by atoms with van der Waals surface area (Å²) in [7, 11) is 0. The van der Waals surface area contributed by atoms with Crippen LogP contribution in [0.5, 0.6) is 5.75 Å². The third kappa shape index (κ3) is 2.65. The highest BCUT2D eigenvalue weighted by Crippen LogP contribution is 2.26. The third-order valence-corrected chi connectivity index (χ3v) is 4.06. The summed E-state index contributed by atoms with van der Waals surface area (Å²) in [5, 5.41) is 12.6. The summed E-state index contributed by atoms with van der Waals surface area (Å²) in [6, 6.07) is 12.0. The second-order valence-corrected chi connectivity index (χ2v) is 5.88. The van der Waals surface area contributed by atoms with Gasteiger partial charge in [-0.1, -0.05) is 30.3 Å². The zero-order valence-corrected chi connectivity index (χ0v) is 12.1. The van der Waals surface area contributed by atoms with E-state index in [-0.39, 0.29) is 12.2 Å². The minimum absolute atomic E-state index is 0.283. The van der Waals surface area contributed by atoms with E-state index in [0.29, 0.717) is 5.75 Å². The molecule has 1 aliphatic rings. The minimum Gasteiger partial charge on any atom is -0.507 e. The Bertz CT molecular complexity index is 601. The molecule has 106 valence electrons. The second kappa shape index (κ2) is 5.43. The molecule has 0 spiro atoms. The molecule has 3 heteroatoms. The van der Waals surface area contributed by atoms with Crippen molar-refractivity contribution in [1.29, 1.82) is 0 Å². The van der Waals surface area contributed by atoms with Gasteiger partial charge in [-0.05, 0) is 30.7 Å². The lowest BCUT2D eigenvalue weighted by atomic mass is 10.0. The molecule has 3 rings (SSSR count). The molecule has 2 unspecified atom stereocenters. The zero-order valence-electron chi connectivity index (χ0n) is 12.1. The Morgan fingerprint density at radius 2 is 1.80 bits per heavy atom. The Morgan fingerprint density at radius 1 is 1.10 bits per heavy atom. The van der Waals surface area contributed by atoms with Crippen LogP contribution in [0.15, 0.2) is 36.4 Å². The van der Waals surface area contributed by atoms with Gasteiger partial charge in [-0.3, -0.25) is 0 Å². The Balaban J connectivity index is 1.92. The molecule has 1 fully saturated rings. The van der Waals surface area contributed by atoms with Gasteiger partial charge >= 0.3 is 0 Å². The van der Waals surface area contributed by atoms with E-state index in [0.717, 1.165) is 30.6 Å². The molecule has 0 saturated carbocycles. The van der Waals surface area contributed by atoms with Crippen LogP contribution in [0.1, 0.15) is 19.4 Å². The van der Waals surface area contributed by atoms with Gasteiger partial charge in [0.15, 0.2) is 0 Å². The summed E-state index contributed by atoms with van der Waals surface area (Å²) in [6.45, 7) is 7.09. The number of phenols is 1. The lowest BCUT2D eigenvalue weighted by molar-refractivity contribution is -0.928. The first-order valence-electron chi connectivity index (χ1n) is 7.32. The molecule has 1 aliphatic heterocycles. The Hall–Kier alpha value is -1.58. The lowest BCUT2D eigenvalue weighted by Crippen LogP contribution is -3.14. The Morgan fingerprint density at radius 3 is 2.55 bits per heavy atom. The first kappa shape index (κ1) is 13.4. The van der Waals surface area contributed by atoms with Crippen LogP contribution < -0.4 is 4.90 Å². The number of hydrogen-bond donors (Lipinski definition) is 2. The van der Waals surface area contributed by atoms with Crippen LogP contribution in [0, 0.1) is 0 Å². The monoisotopic (exact) mass is 272 g/mol. The number of quaternary nitrogens is 1. The number of morpholine rings is 1. The van der Waals surface area contributed by atoms with Crippen LogP contribution in [-0.2, 0) is 11.3 Å². The third-order valence-electron chi connectivity index (χ3n) is 4.06. The van der Waals surface area contributed by atoms with Crippen molar-refractivity contribution in [1.82, 2.24) is 0 Å². The van der Waals surface area contributed by atoms with Crippen molar-refractivity contribution in [2.45, 2.75) is 32.6 Å². The van der Waals surface area contributed by atoms with Crippen molar-refractivity contribution in [3.8, 4) is 5.75 Å². The largest absolute Gasteiger partial charge is 0.507 e. The molecule has 20 heavy (non-hydrogen) atoms. The van der Waals surface area contributed by atoms with Crippen molar-refractivity contribution in [2.75, 3.05) is 13.1 Å². The summed E-state index contributed by atoms with van der Waals surface area (Å²) in [6.07, 6.45) is 0.566. The topological polar surface area (TPSA) is 33.9 Å². The molecule has 1 heterocycles. The molecule has 0 bridgehead atoms. The summed E-state index contributed by atoms with van der Waals surface area (Å²) in [5.41, 5.74) is 1.06. The van der Waals surface area contributed by atoms with Gasteiger partial charge in [-0.25, -0.2) is 0 Å². The van der Waals surface area contributed by atoms with Gasteiger partial charge in [0.2, 0.25) is 0 Å². The number of nitrogens with one attached hydrogen (secondary N) is 1. The highest BCUT2D eigenvalue weighted by molar-refractivity contribution is 5.87. The molecule has 2 aromatic carbocycles. The molecule has 0 amide bonds. The van der Waals surface area contributed by atoms with Crippen molar-refractivity contribution in [3.05, 3.63) is 42.0 Å². The van der Waals surface area contributed by atoms with Gasteiger partial charge in [0.05, 0.1) is 5.56 Å². The maximum Gasteiger partial charge on any atom is 0.125 e. The van der Waals surface area contributed by atoms with Gasteiger partial charge in [-0.15, -0.1) is 0 Å². The molecular formula is C17H22NO2+. The van der Waals surface area contributed by atoms with E-state index >= 15 is 0 Å². The lowest BCUT2D eigenvalue weighted by Gasteiger charge is -2.32. The standard InChI is InChI=1S/C17H21NO2/c1-12-9-18(10-13(2)20-12)11-16-15-6-4-3-5-14(15)7-8-17(16)19/h3-8,12-13,19H,9-11H2,1-2H3/p+1. The fourth-order valence-corrected chi connectivity index (χ4v) is 3.29. The number of hydrogen-bond acceptors (Lipinski definition) is 2. The molecule has 1 saturated heterocycles.